The molecule has 0 atom stereocenters. The Hall–Kier alpha value is -1.09. The summed E-state index contributed by atoms with van der Waals surface area (Å²) < 4.78 is 5.27. The van der Waals surface area contributed by atoms with Gasteiger partial charge < -0.3 is 4.42 Å². The Bertz CT molecular complexity index is 337. The molecule has 0 saturated carbocycles. The molecule has 2 rings (SSSR count). The molecule has 11 heavy (non-hydrogen) atoms. The molecule has 0 aliphatic rings. The van der Waals surface area contributed by atoms with E-state index in [1.54, 1.807) is 11.3 Å². The number of hydrogen-bond donors (Lipinski definition) is 0. The maximum atomic E-state index is 5.27. The van der Waals surface area contributed by atoms with Crippen LogP contribution in [-0.4, -0.2) is 4.98 Å². The van der Waals surface area contributed by atoms with Crippen molar-refractivity contribution in [2.24, 2.45) is 0 Å². The molecule has 0 spiro atoms. The molecule has 2 aromatic heterocycles. The second-order valence-electron chi connectivity index (χ2n) is 2.16. The first-order valence-corrected chi connectivity index (χ1v) is 4.13. The van der Waals surface area contributed by atoms with Gasteiger partial charge in [-0.25, -0.2) is 4.98 Å². The highest BCUT2D eigenvalue weighted by atomic mass is 32.1. The first-order valence-electron chi connectivity index (χ1n) is 3.25. The van der Waals surface area contributed by atoms with Gasteiger partial charge in [-0.2, -0.15) is 0 Å². The van der Waals surface area contributed by atoms with Crippen molar-refractivity contribution in [1.29, 1.82) is 0 Å². The van der Waals surface area contributed by atoms with Crippen LogP contribution in [0.5, 0.6) is 0 Å². The van der Waals surface area contributed by atoms with Crippen molar-refractivity contribution in [3.05, 3.63) is 29.5 Å². The first-order chi connectivity index (χ1) is 5.36. The van der Waals surface area contributed by atoms with Crippen molar-refractivity contribution in [3.8, 4) is 10.8 Å². The number of hydrogen-bond acceptors (Lipinski definition) is 3. The predicted octanol–water partition coefficient (Wildman–Crippen LogP) is 2.51. The summed E-state index contributed by atoms with van der Waals surface area (Å²) in [5.74, 6) is 1.39. The van der Waals surface area contributed by atoms with E-state index in [2.05, 4.69) is 11.2 Å². The summed E-state index contributed by atoms with van der Waals surface area (Å²) in [5.41, 5.74) is 0. The van der Waals surface area contributed by atoms with Crippen molar-refractivity contribution in [2.45, 2.75) is 6.92 Å². The SMILES string of the molecule is Cc1[c]nc(-c2cccs2)o1. The van der Waals surface area contributed by atoms with Crippen LogP contribution in [0.3, 0.4) is 0 Å². The van der Waals surface area contributed by atoms with Gasteiger partial charge in [0.15, 0.2) is 0 Å². The lowest BCUT2D eigenvalue weighted by Crippen LogP contribution is -1.66. The third kappa shape index (κ3) is 1.19. The van der Waals surface area contributed by atoms with E-state index in [1.165, 1.54) is 0 Å². The molecule has 1 radical (unpaired) electrons. The number of aryl methyl sites for hydroxylation is 1. The highest BCUT2D eigenvalue weighted by Gasteiger charge is 2.03. The van der Waals surface area contributed by atoms with Crippen molar-refractivity contribution in [1.82, 2.24) is 4.98 Å². The van der Waals surface area contributed by atoms with Crippen LogP contribution in [-0.2, 0) is 0 Å². The summed E-state index contributed by atoms with van der Waals surface area (Å²) in [4.78, 5) is 5.03. The van der Waals surface area contributed by atoms with Gasteiger partial charge in [0.1, 0.15) is 12.0 Å². The highest BCUT2D eigenvalue weighted by molar-refractivity contribution is 7.13. The second kappa shape index (κ2) is 2.51. The van der Waals surface area contributed by atoms with Crippen LogP contribution in [0, 0.1) is 13.1 Å². The minimum absolute atomic E-state index is 0.664. The van der Waals surface area contributed by atoms with E-state index < -0.39 is 0 Å². The van der Waals surface area contributed by atoms with E-state index in [4.69, 9.17) is 4.42 Å². The first kappa shape index (κ1) is 6.61. The fourth-order valence-corrected chi connectivity index (χ4v) is 1.47. The number of nitrogens with zero attached hydrogens (tertiary/aromatic N) is 1. The average molecular weight is 164 g/mol. The molecule has 0 N–H and O–H groups in total. The second-order valence-corrected chi connectivity index (χ2v) is 3.11. The van der Waals surface area contributed by atoms with Gasteiger partial charge in [-0.05, 0) is 18.4 Å². The van der Waals surface area contributed by atoms with Crippen LogP contribution in [0.1, 0.15) is 5.76 Å². The molecule has 0 amide bonds. The lowest BCUT2D eigenvalue weighted by molar-refractivity contribution is 0.543. The number of thiophene rings is 1. The molecule has 0 aliphatic heterocycles. The molecule has 55 valence electrons. The molecule has 2 heterocycles. The summed E-state index contributed by atoms with van der Waals surface area (Å²) in [6.45, 7) is 1.84. The molecule has 2 aromatic rings. The van der Waals surface area contributed by atoms with E-state index >= 15 is 0 Å². The lowest BCUT2D eigenvalue weighted by atomic mass is 10.5. The number of oxazole rings is 1. The van der Waals surface area contributed by atoms with Crippen LogP contribution in [0.25, 0.3) is 10.8 Å². The minimum Gasteiger partial charge on any atom is -0.440 e. The van der Waals surface area contributed by atoms with Crippen molar-refractivity contribution in [3.63, 3.8) is 0 Å². The molecule has 0 bridgehead atoms. The number of rotatable bonds is 1. The Morgan fingerprint density at radius 1 is 1.64 bits per heavy atom. The standard InChI is InChI=1S/C8H6NOS/c1-6-5-9-8(10-6)7-3-2-4-11-7/h2-4H,1H3. The fourth-order valence-electron chi connectivity index (χ4n) is 0.826. The molecule has 0 saturated heterocycles. The molecular weight excluding hydrogens is 158 g/mol. The highest BCUT2D eigenvalue weighted by Crippen LogP contribution is 2.23. The maximum Gasteiger partial charge on any atom is 0.237 e. The van der Waals surface area contributed by atoms with Gasteiger partial charge in [0.2, 0.25) is 5.89 Å². The van der Waals surface area contributed by atoms with Crippen LogP contribution >= 0.6 is 11.3 Å². The largest absolute Gasteiger partial charge is 0.440 e. The smallest absolute Gasteiger partial charge is 0.237 e. The van der Waals surface area contributed by atoms with Gasteiger partial charge in [-0.15, -0.1) is 11.3 Å². The van der Waals surface area contributed by atoms with Gasteiger partial charge in [0.05, 0.1) is 4.88 Å². The molecule has 3 heteroatoms. The Kier molecular flexibility index (Phi) is 1.51. The summed E-state index contributed by atoms with van der Waals surface area (Å²) in [7, 11) is 0. The summed E-state index contributed by atoms with van der Waals surface area (Å²) >= 11 is 1.61. The Balaban J connectivity index is 2.45. The third-order valence-corrected chi connectivity index (χ3v) is 2.15. The van der Waals surface area contributed by atoms with Crippen LogP contribution < -0.4 is 0 Å². The third-order valence-electron chi connectivity index (χ3n) is 1.30. The summed E-state index contributed by atoms with van der Waals surface area (Å²) in [6, 6.07) is 3.95. The van der Waals surface area contributed by atoms with Gasteiger partial charge in [-0.1, -0.05) is 6.07 Å². The molecule has 0 unspecified atom stereocenters. The van der Waals surface area contributed by atoms with Gasteiger partial charge in [0.25, 0.3) is 0 Å². The minimum atomic E-state index is 0.664. The van der Waals surface area contributed by atoms with Crippen molar-refractivity contribution in [2.75, 3.05) is 0 Å². The Labute approximate surface area is 68.5 Å². The van der Waals surface area contributed by atoms with E-state index in [9.17, 15) is 0 Å². The Morgan fingerprint density at radius 3 is 3.09 bits per heavy atom. The normalized spacial score (nSPS) is 10.3. The molecule has 2 nitrogen and oxygen atoms in total. The van der Waals surface area contributed by atoms with E-state index in [0.717, 1.165) is 10.6 Å². The zero-order valence-electron chi connectivity index (χ0n) is 6.00. The van der Waals surface area contributed by atoms with Crippen LogP contribution in [0.2, 0.25) is 0 Å². The zero-order valence-corrected chi connectivity index (χ0v) is 6.81. The van der Waals surface area contributed by atoms with Gasteiger partial charge in [-0.3, -0.25) is 0 Å². The van der Waals surface area contributed by atoms with Crippen molar-refractivity contribution < 1.29 is 4.42 Å². The number of aromatic nitrogens is 1. The summed E-state index contributed by atoms with van der Waals surface area (Å²) in [6.07, 6.45) is 2.75. The monoisotopic (exact) mass is 164 g/mol. The van der Waals surface area contributed by atoms with E-state index in [-0.39, 0.29) is 0 Å². The lowest BCUT2D eigenvalue weighted by Gasteiger charge is -1.84. The van der Waals surface area contributed by atoms with Gasteiger partial charge >= 0.3 is 0 Å². The topological polar surface area (TPSA) is 26.0 Å². The van der Waals surface area contributed by atoms with Crippen molar-refractivity contribution >= 4 is 11.3 Å². The zero-order chi connectivity index (χ0) is 7.68. The Morgan fingerprint density at radius 2 is 2.55 bits per heavy atom. The quantitative estimate of drug-likeness (QED) is 0.647. The summed E-state index contributed by atoms with van der Waals surface area (Å²) in [5, 5.41) is 1.99. The predicted molar refractivity (Wildman–Crippen MR) is 43.4 cm³/mol. The molecule has 0 aliphatic carbocycles. The molecule has 0 aromatic carbocycles. The van der Waals surface area contributed by atoms with E-state index in [0.29, 0.717) is 5.89 Å². The van der Waals surface area contributed by atoms with E-state index in [1.807, 2.05) is 24.4 Å². The maximum absolute atomic E-state index is 5.27. The average Bonchev–Trinajstić information content (AvgIpc) is 2.55. The van der Waals surface area contributed by atoms with Crippen LogP contribution in [0.15, 0.2) is 21.9 Å². The molecular formula is C8H6NOS. The van der Waals surface area contributed by atoms with Crippen LogP contribution in [0.4, 0.5) is 0 Å². The van der Waals surface area contributed by atoms with Gasteiger partial charge in [0, 0.05) is 0 Å². The fraction of sp³-hybridized carbons (Fsp3) is 0.125. The molecule has 0 fully saturated rings.